The Morgan fingerprint density at radius 3 is 1.54 bits per heavy atom. The van der Waals surface area contributed by atoms with E-state index in [2.05, 4.69) is 107 Å². The Kier molecular flexibility index (Phi) is 8.94. The maximum absolute atomic E-state index is 11.0. The van der Waals surface area contributed by atoms with E-state index >= 15 is 0 Å². The molecular formula is C33H26N3O2Sn. The van der Waals surface area contributed by atoms with Crippen LogP contribution in [0.1, 0.15) is 0 Å². The Bertz CT molecular complexity index is 1470. The maximum atomic E-state index is 11.0. The van der Waals surface area contributed by atoms with Crippen LogP contribution < -0.4 is 16.1 Å². The fourth-order valence-electron chi connectivity index (χ4n) is 4.00. The fourth-order valence-corrected chi connectivity index (χ4v) is 11.4. The van der Waals surface area contributed by atoms with Crippen molar-refractivity contribution in [1.82, 2.24) is 10.2 Å². The molecule has 6 rings (SSSR count). The minimum absolute atomic E-state index is 0.0219. The van der Waals surface area contributed by atoms with E-state index in [1.807, 2.05) is 30.3 Å². The van der Waals surface area contributed by atoms with Crippen LogP contribution in [0.15, 0.2) is 162 Å². The molecule has 0 aliphatic heterocycles. The molecule has 5 aromatic rings. The van der Waals surface area contributed by atoms with Crippen LogP contribution in [0.3, 0.4) is 0 Å². The Balaban J connectivity index is 0.000000158. The average Bonchev–Trinajstić information content (AvgIpc) is 3.49. The number of hydrogen-bond donors (Lipinski definition) is 1. The number of rotatable bonds is 6. The molecule has 1 aromatic heterocycles. The predicted molar refractivity (Wildman–Crippen MR) is 159 cm³/mol. The zero-order valence-electron chi connectivity index (χ0n) is 21.1. The third kappa shape index (κ3) is 7.30. The number of nitrogens with zero attached hydrogens (tertiary/aromatic N) is 2. The summed E-state index contributed by atoms with van der Waals surface area (Å²) < 4.78 is 10.1. The van der Waals surface area contributed by atoms with Crippen LogP contribution in [0.5, 0.6) is 0 Å². The molecule has 6 heteroatoms. The molecule has 0 spiro atoms. The number of nitrogens with one attached hydrogen (secondary N) is 1. The molecular weight excluding hydrogens is 589 g/mol. The number of hydrogen-bond acceptors (Lipinski definition) is 5. The Morgan fingerprint density at radius 1 is 0.590 bits per heavy atom. The molecule has 1 heterocycles. The van der Waals surface area contributed by atoms with Gasteiger partial charge in [0.15, 0.2) is 5.78 Å². The first-order chi connectivity index (χ1) is 19.3. The van der Waals surface area contributed by atoms with Crippen molar-refractivity contribution in [3.8, 4) is 11.5 Å². The van der Waals surface area contributed by atoms with Crippen LogP contribution in [-0.4, -0.2) is 35.7 Å². The third-order valence-corrected chi connectivity index (χ3v) is 13.7. The summed E-state index contributed by atoms with van der Waals surface area (Å²) in [6.07, 6.45) is 8.11. The van der Waals surface area contributed by atoms with Crippen molar-refractivity contribution in [1.29, 1.82) is 0 Å². The SMILES string of the molecule is O=C1C=CC(=CNc2nnc(-c3ccccc3)o2)C=C1.c1cc[c]([Sn]([c]2ccccc2)[c]2ccccc2)cc1. The predicted octanol–water partition coefficient (Wildman–Crippen LogP) is 4.93. The van der Waals surface area contributed by atoms with Crippen molar-refractivity contribution in [2.45, 2.75) is 0 Å². The molecule has 1 N–H and O–H groups in total. The van der Waals surface area contributed by atoms with Gasteiger partial charge in [-0.15, -0.1) is 5.10 Å². The van der Waals surface area contributed by atoms with Gasteiger partial charge in [0, 0.05) is 11.8 Å². The van der Waals surface area contributed by atoms with Crippen molar-refractivity contribution in [3.05, 3.63) is 157 Å². The van der Waals surface area contributed by atoms with Gasteiger partial charge < -0.3 is 9.73 Å². The summed E-state index contributed by atoms with van der Waals surface area (Å²) in [6, 6.07) is 42.8. The topological polar surface area (TPSA) is 68.0 Å². The molecule has 0 atom stereocenters. The first-order valence-corrected chi connectivity index (χ1v) is 16.8. The summed E-state index contributed by atoms with van der Waals surface area (Å²) in [5, 5.41) is 10.8. The van der Waals surface area contributed by atoms with Gasteiger partial charge in [-0.1, -0.05) is 23.3 Å². The molecule has 0 saturated carbocycles. The summed E-state index contributed by atoms with van der Waals surface area (Å²) >= 11 is -1.98. The summed E-state index contributed by atoms with van der Waals surface area (Å²) in [5.74, 6) is 0.433. The number of ketones is 1. The Labute approximate surface area is 235 Å². The average molecular weight is 615 g/mol. The number of carbonyl (C=O) groups is 1. The molecule has 1 aliphatic carbocycles. The van der Waals surface area contributed by atoms with Crippen LogP contribution >= 0.6 is 0 Å². The van der Waals surface area contributed by atoms with Crippen molar-refractivity contribution in [2.75, 3.05) is 5.32 Å². The number of aromatic nitrogens is 2. The van der Waals surface area contributed by atoms with Crippen molar-refractivity contribution >= 4 is 42.3 Å². The second-order valence-electron chi connectivity index (χ2n) is 8.61. The van der Waals surface area contributed by atoms with E-state index in [1.165, 1.54) is 22.9 Å². The van der Waals surface area contributed by atoms with Gasteiger partial charge >= 0.3 is 128 Å². The summed E-state index contributed by atoms with van der Waals surface area (Å²) in [5.41, 5.74) is 1.72. The molecule has 1 radical (unpaired) electrons. The zero-order valence-corrected chi connectivity index (χ0v) is 24.0. The van der Waals surface area contributed by atoms with Crippen LogP contribution in [0.2, 0.25) is 0 Å². The molecule has 0 amide bonds. The molecule has 4 aromatic carbocycles. The van der Waals surface area contributed by atoms with Crippen LogP contribution in [0.4, 0.5) is 6.01 Å². The Morgan fingerprint density at radius 2 is 1.05 bits per heavy atom. The minimum atomic E-state index is -1.98. The van der Waals surface area contributed by atoms with Gasteiger partial charge in [0.2, 0.25) is 5.89 Å². The second kappa shape index (κ2) is 13.3. The van der Waals surface area contributed by atoms with Crippen molar-refractivity contribution in [2.24, 2.45) is 0 Å². The third-order valence-electron chi connectivity index (χ3n) is 5.88. The van der Waals surface area contributed by atoms with E-state index < -0.39 is 19.8 Å². The normalized spacial score (nSPS) is 12.1. The first-order valence-electron chi connectivity index (χ1n) is 12.6. The van der Waals surface area contributed by atoms with E-state index in [9.17, 15) is 4.79 Å². The molecule has 189 valence electrons. The molecule has 0 bridgehead atoms. The summed E-state index contributed by atoms with van der Waals surface area (Å²) in [6.45, 7) is 0. The van der Waals surface area contributed by atoms with Crippen molar-refractivity contribution < 1.29 is 9.21 Å². The zero-order chi connectivity index (χ0) is 26.7. The second-order valence-corrected chi connectivity index (χ2v) is 15.7. The summed E-state index contributed by atoms with van der Waals surface area (Å²) in [4.78, 5) is 11.0. The number of allylic oxidation sites excluding steroid dienone is 5. The van der Waals surface area contributed by atoms with Gasteiger partial charge in [0.25, 0.3) is 0 Å². The number of benzene rings is 4. The van der Waals surface area contributed by atoms with E-state index in [4.69, 9.17) is 4.42 Å². The van der Waals surface area contributed by atoms with Gasteiger partial charge in [0.1, 0.15) is 0 Å². The molecule has 0 unspecified atom stereocenters. The van der Waals surface area contributed by atoms with E-state index in [1.54, 1.807) is 18.4 Å². The van der Waals surface area contributed by atoms with Crippen LogP contribution in [-0.2, 0) is 4.79 Å². The van der Waals surface area contributed by atoms with E-state index in [-0.39, 0.29) is 5.78 Å². The van der Waals surface area contributed by atoms with Crippen LogP contribution in [0, 0.1) is 0 Å². The Hall–Kier alpha value is -4.49. The number of anilines is 1. The van der Waals surface area contributed by atoms with Crippen molar-refractivity contribution in [3.63, 3.8) is 0 Å². The molecule has 0 saturated heterocycles. The monoisotopic (exact) mass is 616 g/mol. The van der Waals surface area contributed by atoms with Gasteiger partial charge in [-0.2, -0.15) is 0 Å². The van der Waals surface area contributed by atoms with E-state index in [0.29, 0.717) is 11.9 Å². The quantitative estimate of drug-likeness (QED) is 0.275. The molecule has 5 nitrogen and oxygen atoms in total. The number of carbonyl (C=O) groups excluding carboxylic acids is 1. The molecule has 39 heavy (non-hydrogen) atoms. The summed E-state index contributed by atoms with van der Waals surface area (Å²) in [7, 11) is 0. The van der Waals surface area contributed by atoms with Gasteiger partial charge in [-0.25, -0.2) is 0 Å². The van der Waals surface area contributed by atoms with Gasteiger partial charge in [0.05, 0.1) is 0 Å². The van der Waals surface area contributed by atoms with Gasteiger partial charge in [-0.3, -0.25) is 4.79 Å². The standard InChI is InChI=1S/C15H11N3O2.3C6H5.Sn/c19-13-8-6-11(7-9-13)10-16-15-18-17-14(20-15)12-4-2-1-3-5-12;3*1-2-4-6-5-3-1;/h1-10H,(H,16,18);3*1-5H;. The molecule has 0 fully saturated rings. The van der Waals surface area contributed by atoms with Gasteiger partial charge in [-0.05, 0) is 42.0 Å². The molecule has 1 aliphatic rings. The fraction of sp³-hybridized carbons (Fsp3) is 0. The van der Waals surface area contributed by atoms with Crippen LogP contribution in [0.25, 0.3) is 11.5 Å². The first kappa shape index (κ1) is 26.1. The van der Waals surface area contributed by atoms with E-state index in [0.717, 1.165) is 11.1 Å².